The maximum Gasteiger partial charge on any atom is 0.324 e. The molecular formula is C13H23NO2S. The second kappa shape index (κ2) is 5.61. The smallest absolute Gasteiger partial charge is 0.324 e. The van der Waals surface area contributed by atoms with Crippen molar-refractivity contribution >= 4 is 17.7 Å². The average Bonchev–Trinajstić information content (AvgIpc) is 2.76. The monoisotopic (exact) mass is 257 g/mol. The zero-order valence-corrected chi connectivity index (χ0v) is 11.5. The van der Waals surface area contributed by atoms with Crippen LogP contribution in [0.2, 0.25) is 0 Å². The van der Waals surface area contributed by atoms with E-state index in [0.29, 0.717) is 6.04 Å². The van der Waals surface area contributed by atoms with E-state index in [0.717, 1.165) is 38.0 Å². The number of hydrogen-bond acceptors (Lipinski definition) is 3. The Morgan fingerprint density at radius 3 is 2.94 bits per heavy atom. The van der Waals surface area contributed by atoms with E-state index < -0.39 is 11.5 Å². The Kier molecular flexibility index (Phi) is 4.36. The number of nitrogens with zero attached hydrogens (tertiary/aromatic N) is 1. The first-order chi connectivity index (χ1) is 8.20. The van der Waals surface area contributed by atoms with Gasteiger partial charge in [0.25, 0.3) is 0 Å². The van der Waals surface area contributed by atoms with Crippen molar-refractivity contribution in [1.29, 1.82) is 0 Å². The van der Waals surface area contributed by atoms with E-state index in [9.17, 15) is 9.90 Å². The summed E-state index contributed by atoms with van der Waals surface area (Å²) in [6.45, 7) is 3.08. The molecule has 0 bridgehead atoms. The molecule has 2 aliphatic heterocycles. The van der Waals surface area contributed by atoms with Crippen LogP contribution in [0.1, 0.15) is 45.4 Å². The van der Waals surface area contributed by atoms with E-state index in [1.54, 1.807) is 0 Å². The van der Waals surface area contributed by atoms with Crippen LogP contribution in [0.5, 0.6) is 0 Å². The van der Waals surface area contributed by atoms with E-state index in [1.807, 2.05) is 11.8 Å². The predicted molar refractivity (Wildman–Crippen MR) is 71.6 cm³/mol. The lowest BCUT2D eigenvalue weighted by molar-refractivity contribution is -0.151. The maximum absolute atomic E-state index is 11.7. The number of carbonyl (C=O) groups is 1. The van der Waals surface area contributed by atoms with Gasteiger partial charge in [-0.1, -0.05) is 13.3 Å². The molecule has 2 saturated heterocycles. The zero-order chi connectivity index (χ0) is 12.3. The van der Waals surface area contributed by atoms with Crippen LogP contribution >= 0.6 is 11.8 Å². The number of thioether (sulfide) groups is 1. The SMILES string of the molecule is CCCC1(C(=O)O)CCCN1C1CCCSC1. The van der Waals surface area contributed by atoms with Crippen LogP contribution in [0.25, 0.3) is 0 Å². The number of hydrogen-bond donors (Lipinski definition) is 1. The molecule has 2 aliphatic rings. The van der Waals surface area contributed by atoms with Crippen LogP contribution in [0, 0.1) is 0 Å². The molecule has 4 heteroatoms. The standard InChI is InChI=1S/C13H23NO2S/c1-2-6-13(12(15)16)7-4-8-14(13)11-5-3-9-17-10-11/h11H,2-10H2,1H3,(H,15,16). The summed E-state index contributed by atoms with van der Waals surface area (Å²) in [5.41, 5.74) is -0.544. The van der Waals surface area contributed by atoms with Gasteiger partial charge in [0.2, 0.25) is 0 Å². The van der Waals surface area contributed by atoms with Crippen LogP contribution in [-0.4, -0.2) is 45.6 Å². The number of rotatable bonds is 4. The Bertz CT molecular complexity index is 279. The molecule has 0 aliphatic carbocycles. The van der Waals surface area contributed by atoms with Crippen LogP contribution in [0.3, 0.4) is 0 Å². The summed E-state index contributed by atoms with van der Waals surface area (Å²) in [5.74, 6) is 1.78. The molecule has 2 unspecified atom stereocenters. The molecule has 2 rings (SSSR count). The normalized spacial score (nSPS) is 35.0. The van der Waals surface area contributed by atoms with E-state index in [-0.39, 0.29) is 0 Å². The molecule has 3 nitrogen and oxygen atoms in total. The molecule has 0 amide bonds. The van der Waals surface area contributed by atoms with E-state index in [4.69, 9.17) is 0 Å². The van der Waals surface area contributed by atoms with Crippen molar-refractivity contribution < 1.29 is 9.90 Å². The van der Waals surface area contributed by atoms with Crippen molar-refractivity contribution in [2.75, 3.05) is 18.1 Å². The van der Waals surface area contributed by atoms with E-state index in [2.05, 4.69) is 11.8 Å². The molecule has 98 valence electrons. The molecule has 0 spiro atoms. The molecule has 2 fully saturated rings. The Balaban J connectivity index is 2.15. The van der Waals surface area contributed by atoms with Gasteiger partial charge in [-0.05, 0) is 44.4 Å². The molecule has 1 N–H and O–H groups in total. The third-order valence-corrected chi connectivity index (χ3v) is 5.38. The average molecular weight is 257 g/mol. The number of carboxylic acids is 1. The largest absolute Gasteiger partial charge is 0.480 e. The molecule has 0 aromatic carbocycles. The van der Waals surface area contributed by atoms with E-state index >= 15 is 0 Å². The molecule has 0 aromatic heterocycles. The fraction of sp³-hybridized carbons (Fsp3) is 0.923. The highest BCUT2D eigenvalue weighted by Gasteiger charge is 2.49. The molecular weight excluding hydrogens is 234 g/mol. The van der Waals surface area contributed by atoms with Crippen molar-refractivity contribution in [2.24, 2.45) is 0 Å². The van der Waals surface area contributed by atoms with Gasteiger partial charge < -0.3 is 5.11 Å². The summed E-state index contributed by atoms with van der Waals surface area (Å²) in [6, 6.07) is 0.499. The lowest BCUT2D eigenvalue weighted by Gasteiger charge is -2.41. The van der Waals surface area contributed by atoms with Gasteiger partial charge in [-0.15, -0.1) is 0 Å². The van der Waals surface area contributed by atoms with Crippen LogP contribution < -0.4 is 0 Å². The lowest BCUT2D eigenvalue weighted by Crippen LogP contribution is -2.55. The number of carboxylic acid groups (broad SMARTS) is 1. The minimum absolute atomic E-state index is 0.499. The lowest BCUT2D eigenvalue weighted by atomic mass is 9.89. The van der Waals surface area contributed by atoms with Gasteiger partial charge in [0.1, 0.15) is 5.54 Å². The molecule has 2 atom stereocenters. The predicted octanol–water partition coefficient (Wildman–Crippen LogP) is 2.60. The molecule has 0 saturated carbocycles. The Hall–Kier alpha value is -0.220. The highest BCUT2D eigenvalue weighted by Crippen LogP contribution is 2.38. The molecule has 0 aromatic rings. The summed E-state index contributed by atoms with van der Waals surface area (Å²) in [5, 5.41) is 9.65. The number of aliphatic carboxylic acids is 1. The topological polar surface area (TPSA) is 40.5 Å². The molecule has 17 heavy (non-hydrogen) atoms. The first-order valence-corrected chi connectivity index (χ1v) is 7.94. The summed E-state index contributed by atoms with van der Waals surface area (Å²) < 4.78 is 0. The van der Waals surface area contributed by atoms with Gasteiger partial charge in [0.15, 0.2) is 0 Å². The van der Waals surface area contributed by atoms with Gasteiger partial charge >= 0.3 is 5.97 Å². The van der Waals surface area contributed by atoms with Gasteiger partial charge in [-0.3, -0.25) is 9.69 Å². The van der Waals surface area contributed by atoms with Crippen molar-refractivity contribution in [3.8, 4) is 0 Å². The van der Waals surface area contributed by atoms with Crippen molar-refractivity contribution in [3.63, 3.8) is 0 Å². The quantitative estimate of drug-likeness (QED) is 0.840. The Labute approximate surface area is 108 Å². The van der Waals surface area contributed by atoms with Gasteiger partial charge in [-0.25, -0.2) is 0 Å². The summed E-state index contributed by atoms with van der Waals surface area (Å²) in [4.78, 5) is 14.0. The highest BCUT2D eigenvalue weighted by molar-refractivity contribution is 7.99. The van der Waals surface area contributed by atoms with Crippen LogP contribution in [-0.2, 0) is 4.79 Å². The second-order valence-corrected chi connectivity index (χ2v) is 6.40. The minimum Gasteiger partial charge on any atom is -0.480 e. The van der Waals surface area contributed by atoms with Crippen LogP contribution in [0.4, 0.5) is 0 Å². The first-order valence-electron chi connectivity index (χ1n) is 6.78. The Morgan fingerprint density at radius 1 is 1.53 bits per heavy atom. The molecule has 2 heterocycles. The van der Waals surface area contributed by atoms with E-state index in [1.165, 1.54) is 18.6 Å². The van der Waals surface area contributed by atoms with Crippen LogP contribution in [0.15, 0.2) is 0 Å². The van der Waals surface area contributed by atoms with Crippen molar-refractivity contribution in [3.05, 3.63) is 0 Å². The van der Waals surface area contributed by atoms with Gasteiger partial charge in [0.05, 0.1) is 0 Å². The van der Waals surface area contributed by atoms with Crippen molar-refractivity contribution in [2.45, 2.75) is 57.0 Å². The summed E-state index contributed by atoms with van der Waals surface area (Å²) in [6.07, 6.45) is 6.09. The second-order valence-electron chi connectivity index (χ2n) is 5.25. The fourth-order valence-corrected chi connectivity index (χ4v) is 4.58. The minimum atomic E-state index is -0.590. The fourth-order valence-electron chi connectivity index (χ4n) is 3.42. The highest BCUT2D eigenvalue weighted by atomic mass is 32.2. The number of likely N-dealkylation sites (tertiary alicyclic amines) is 1. The third kappa shape index (κ3) is 2.48. The first kappa shape index (κ1) is 13.2. The van der Waals surface area contributed by atoms with Gasteiger partial charge in [-0.2, -0.15) is 11.8 Å². The maximum atomic E-state index is 11.7. The third-order valence-electron chi connectivity index (χ3n) is 4.18. The van der Waals surface area contributed by atoms with Crippen molar-refractivity contribution in [1.82, 2.24) is 4.90 Å². The zero-order valence-electron chi connectivity index (χ0n) is 10.7. The summed E-state index contributed by atoms with van der Waals surface area (Å²) >= 11 is 1.99. The van der Waals surface area contributed by atoms with Gasteiger partial charge in [0, 0.05) is 11.8 Å². The summed E-state index contributed by atoms with van der Waals surface area (Å²) in [7, 11) is 0. The Morgan fingerprint density at radius 2 is 2.35 bits per heavy atom. The molecule has 0 radical (unpaired) electrons.